The summed E-state index contributed by atoms with van der Waals surface area (Å²) < 4.78 is 0. The zero-order valence-corrected chi connectivity index (χ0v) is 13.3. The van der Waals surface area contributed by atoms with Crippen LogP contribution in [-0.2, 0) is 0 Å². The van der Waals surface area contributed by atoms with Gasteiger partial charge in [-0.3, -0.25) is 0 Å². The van der Waals surface area contributed by atoms with E-state index < -0.39 is 0 Å². The van der Waals surface area contributed by atoms with Gasteiger partial charge in [-0.1, -0.05) is 80.1 Å². The third-order valence-electron chi connectivity index (χ3n) is 4.57. The van der Waals surface area contributed by atoms with Crippen LogP contribution in [-0.4, -0.2) is 0 Å². The highest BCUT2D eigenvalue weighted by atomic mass is 14.3. The lowest BCUT2D eigenvalue weighted by molar-refractivity contribution is 0.221. The molecule has 0 saturated carbocycles. The Morgan fingerprint density at radius 1 is 0.647 bits per heavy atom. The summed E-state index contributed by atoms with van der Waals surface area (Å²) in [6, 6.07) is 0. The highest BCUT2D eigenvalue weighted by molar-refractivity contribution is 4.71. The molecule has 0 bridgehead atoms. The van der Waals surface area contributed by atoms with Crippen molar-refractivity contribution in [2.24, 2.45) is 23.7 Å². The maximum atomic E-state index is 2.45. The molecule has 0 fully saturated rings. The summed E-state index contributed by atoms with van der Waals surface area (Å²) in [7, 11) is 0. The van der Waals surface area contributed by atoms with Crippen LogP contribution in [0.5, 0.6) is 0 Å². The van der Waals surface area contributed by atoms with Crippen LogP contribution in [0.2, 0.25) is 0 Å². The Labute approximate surface area is 111 Å². The van der Waals surface area contributed by atoms with Crippen LogP contribution in [0.1, 0.15) is 86.5 Å². The molecule has 0 amide bonds. The third kappa shape index (κ3) is 7.84. The maximum Gasteiger partial charge on any atom is -0.0363 e. The molecule has 17 heavy (non-hydrogen) atoms. The SMILES string of the molecule is CCC(C)C(CCCCCC(C)C)C(C)CC. The molecule has 0 radical (unpaired) electrons. The van der Waals surface area contributed by atoms with Gasteiger partial charge in [0.15, 0.2) is 0 Å². The quantitative estimate of drug-likeness (QED) is 0.393. The highest BCUT2D eigenvalue weighted by Gasteiger charge is 2.20. The molecule has 0 saturated heterocycles. The minimum atomic E-state index is 0.884. The van der Waals surface area contributed by atoms with E-state index in [2.05, 4.69) is 41.5 Å². The second-order valence-corrected chi connectivity index (χ2v) is 6.47. The van der Waals surface area contributed by atoms with E-state index in [9.17, 15) is 0 Å². The molecule has 0 aliphatic rings. The first-order chi connectivity index (χ1) is 8.02. The van der Waals surface area contributed by atoms with Crippen molar-refractivity contribution in [3.8, 4) is 0 Å². The van der Waals surface area contributed by atoms with Crippen LogP contribution in [0, 0.1) is 23.7 Å². The summed E-state index contributed by atoms with van der Waals surface area (Å²) in [4.78, 5) is 0. The number of rotatable bonds is 10. The van der Waals surface area contributed by atoms with E-state index in [1.54, 1.807) is 0 Å². The van der Waals surface area contributed by atoms with Gasteiger partial charge in [0.2, 0.25) is 0 Å². The molecule has 0 heteroatoms. The summed E-state index contributed by atoms with van der Waals surface area (Å²) in [6.07, 6.45) is 9.90. The average molecular weight is 240 g/mol. The Kier molecular flexibility index (Phi) is 9.97. The lowest BCUT2D eigenvalue weighted by Gasteiger charge is -2.28. The molecular weight excluding hydrogens is 204 g/mol. The zero-order chi connectivity index (χ0) is 13.3. The van der Waals surface area contributed by atoms with Crippen molar-refractivity contribution in [3.63, 3.8) is 0 Å². The molecule has 2 unspecified atom stereocenters. The van der Waals surface area contributed by atoms with E-state index in [4.69, 9.17) is 0 Å². The molecule has 0 nitrogen and oxygen atoms in total. The van der Waals surface area contributed by atoms with E-state index in [1.807, 2.05) is 0 Å². The second kappa shape index (κ2) is 9.97. The molecule has 0 aliphatic carbocycles. The Hall–Kier alpha value is 0. The van der Waals surface area contributed by atoms with Gasteiger partial charge in [0.1, 0.15) is 0 Å². The Balaban J connectivity index is 3.84. The fourth-order valence-corrected chi connectivity index (χ4v) is 2.84. The minimum Gasteiger partial charge on any atom is -0.0651 e. The van der Waals surface area contributed by atoms with E-state index in [0.29, 0.717) is 0 Å². The number of hydrogen-bond acceptors (Lipinski definition) is 0. The van der Waals surface area contributed by atoms with Crippen molar-refractivity contribution in [1.82, 2.24) is 0 Å². The first-order valence-corrected chi connectivity index (χ1v) is 8.02. The molecule has 104 valence electrons. The van der Waals surface area contributed by atoms with Gasteiger partial charge in [-0.2, -0.15) is 0 Å². The Morgan fingerprint density at radius 2 is 1.12 bits per heavy atom. The molecule has 0 aliphatic heterocycles. The summed E-state index contributed by atoms with van der Waals surface area (Å²) in [5.74, 6) is 3.67. The first kappa shape index (κ1) is 17.0. The molecular formula is C17H36. The van der Waals surface area contributed by atoms with Crippen molar-refractivity contribution in [1.29, 1.82) is 0 Å². The molecule has 2 atom stereocenters. The topological polar surface area (TPSA) is 0 Å². The molecule has 0 N–H and O–H groups in total. The Bertz CT molecular complexity index is 149. The zero-order valence-electron chi connectivity index (χ0n) is 13.3. The predicted molar refractivity (Wildman–Crippen MR) is 80.3 cm³/mol. The standard InChI is InChI=1S/C17H36/c1-7-15(5)17(16(6)8-2)13-11-9-10-12-14(3)4/h14-17H,7-13H2,1-6H3. The summed E-state index contributed by atoms with van der Waals surface area (Å²) in [6.45, 7) is 14.3. The van der Waals surface area contributed by atoms with Gasteiger partial charge in [0.25, 0.3) is 0 Å². The van der Waals surface area contributed by atoms with Gasteiger partial charge in [0, 0.05) is 0 Å². The van der Waals surface area contributed by atoms with Crippen LogP contribution in [0.3, 0.4) is 0 Å². The van der Waals surface area contributed by atoms with Gasteiger partial charge in [-0.05, 0) is 30.1 Å². The van der Waals surface area contributed by atoms with Crippen molar-refractivity contribution < 1.29 is 0 Å². The van der Waals surface area contributed by atoms with E-state index in [1.165, 1.54) is 44.9 Å². The molecule has 0 spiro atoms. The largest absolute Gasteiger partial charge is 0.0651 e. The predicted octanol–water partition coefficient (Wildman–Crippen LogP) is 6.30. The Morgan fingerprint density at radius 3 is 1.53 bits per heavy atom. The highest BCUT2D eigenvalue weighted by Crippen LogP contribution is 2.30. The first-order valence-electron chi connectivity index (χ1n) is 8.02. The normalized spacial score (nSPS) is 17.1. The minimum absolute atomic E-state index is 0.884. The van der Waals surface area contributed by atoms with E-state index in [0.717, 1.165) is 23.7 Å². The van der Waals surface area contributed by atoms with Crippen LogP contribution >= 0.6 is 0 Å². The van der Waals surface area contributed by atoms with Crippen LogP contribution in [0.4, 0.5) is 0 Å². The average Bonchev–Trinajstić information content (AvgIpc) is 2.31. The monoisotopic (exact) mass is 240 g/mol. The van der Waals surface area contributed by atoms with Crippen LogP contribution < -0.4 is 0 Å². The van der Waals surface area contributed by atoms with Gasteiger partial charge in [-0.25, -0.2) is 0 Å². The lowest BCUT2D eigenvalue weighted by Crippen LogP contribution is -2.19. The fourth-order valence-electron chi connectivity index (χ4n) is 2.84. The smallest absolute Gasteiger partial charge is 0.0363 e. The summed E-state index contributed by atoms with van der Waals surface area (Å²) in [5, 5.41) is 0. The van der Waals surface area contributed by atoms with Crippen LogP contribution in [0.25, 0.3) is 0 Å². The van der Waals surface area contributed by atoms with Gasteiger partial charge in [-0.15, -0.1) is 0 Å². The van der Waals surface area contributed by atoms with Crippen molar-refractivity contribution in [2.75, 3.05) is 0 Å². The molecule has 0 heterocycles. The van der Waals surface area contributed by atoms with E-state index in [-0.39, 0.29) is 0 Å². The molecule has 0 aromatic rings. The van der Waals surface area contributed by atoms with Crippen molar-refractivity contribution in [3.05, 3.63) is 0 Å². The van der Waals surface area contributed by atoms with Gasteiger partial charge >= 0.3 is 0 Å². The fraction of sp³-hybridized carbons (Fsp3) is 1.00. The van der Waals surface area contributed by atoms with Gasteiger partial charge in [0.05, 0.1) is 0 Å². The van der Waals surface area contributed by atoms with E-state index >= 15 is 0 Å². The number of unbranched alkanes of at least 4 members (excludes halogenated alkanes) is 2. The lowest BCUT2D eigenvalue weighted by atomic mass is 9.77. The molecule has 0 aromatic heterocycles. The maximum absolute atomic E-state index is 2.45. The van der Waals surface area contributed by atoms with Gasteiger partial charge < -0.3 is 0 Å². The molecule has 0 rings (SSSR count). The summed E-state index contributed by atoms with van der Waals surface area (Å²) >= 11 is 0. The van der Waals surface area contributed by atoms with Crippen LogP contribution in [0.15, 0.2) is 0 Å². The molecule has 0 aromatic carbocycles. The summed E-state index contributed by atoms with van der Waals surface area (Å²) in [5.41, 5.74) is 0. The second-order valence-electron chi connectivity index (χ2n) is 6.47. The van der Waals surface area contributed by atoms with Crippen molar-refractivity contribution >= 4 is 0 Å². The number of hydrogen-bond donors (Lipinski definition) is 0. The van der Waals surface area contributed by atoms with Crippen molar-refractivity contribution in [2.45, 2.75) is 86.5 Å². The third-order valence-corrected chi connectivity index (χ3v) is 4.57.